The van der Waals surface area contributed by atoms with Gasteiger partial charge in [-0.05, 0) is 38.3 Å². The van der Waals surface area contributed by atoms with Crippen LogP contribution in [-0.2, 0) is 16.7 Å². The molecule has 0 aliphatic heterocycles. The van der Waals surface area contributed by atoms with Gasteiger partial charge in [-0.15, -0.1) is 11.8 Å². The van der Waals surface area contributed by atoms with Gasteiger partial charge < -0.3 is 9.40 Å². The molecule has 106 valence electrons. The molecule has 0 aliphatic carbocycles. The molecule has 0 bridgehead atoms. The predicted octanol–water partition coefficient (Wildman–Crippen LogP) is 3.50. The van der Waals surface area contributed by atoms with Gasteiger partial charge in [0, 0.05) is 41.0 Å². The normalized spacial score (nSPS) is 11.9. The number of hydrogen-bond donors (Lipinski definition) is 0. The topological polar surface area (TPSA) is 43.6 Å². The Kier molecular flexibility index (Phi) is 4.18. The summed E-state index contributed by atoms with van der Waals surface area (Å²) in [7, 11) is 2.03. The monoisotopic (exact) mass is 290 g/mol. The zero-order valence-electron chi connectivity index (χ0n) is 12.4. The highest BCUT2D eigenvalue weighted by molar-refractivity contribution is 7.98. The maximum Gasteiger partial charge on any atom is 0.331 e. The maximum atomic E-state index is 10.9. The van der Waals surface area contributed by atoms with Gasteiger partial charge in [-0.2, -0.15) is 0 Å². The number of benzene rings is 1. The molecule has 4 nitrogen and oxygen atoms in total. The van der Waals surface area contributed by atoms with Gasteiger partial charge >= 0.3 is 5.97 Å². The molecule has 0 atom stereocenters. The lowest BCUT2D eigenvalue weighted by atomic mass is 10.1. The minimum absolute atomic E-state index is 0.410. The molecule has 5 heteroatoms. The van der Waals surface area contributed by atoms with Gasteiger partial charge in [0.25, 0.3) is 0 Å². The molecular formula is C15H18N2O2S. The fourth-order valence-electron chi connectivity index (χ4n) is 2.31. The Morgan fingerprint density at radius 2 is 2.05 bits per heavy atom. The van der Waals surface area contributed by atoms with E-state index < -0.39 is 5.97 Å². The molecule has 20 heavy (non-hydrogen) atoms. The second kappa shape index (κ2) is 5.71. The average molecular weight is 290 g/mol. The fourth-order valence-corrected chi connectivity index (χ4v) is 2.75. The molecule has 0 saturated heterocycles. The standard InChI is InChI=1S/C15H18N2O2S/c1-9(16-19-11(3)18)15-10(2)17(4)14-7-6-12(20-5)8-13(14)15/h6-8H,1-5H3/b16-9+. The summed E-state index contributed by atoms with van der Waals surface area (Å²) in [5.74, 6) is -0.410. The Hall–Kier alpha value is -1.75. The molecule has 1 aromatic carbocycles. The zero-order chi connectivity index (χ0) is 14.9. The number of thioether (sulfide) groups is 1. The van der Waals surface area contributed by atoms with E-state index in [0.29, 0.717) is 5.71 Å². The highest BCUT2D eigenvalue weighted by Crippen LogP contribution is 2.29. The van der Waals surface area contributed by atoms with E-state index in [4.69, 9.17) is 4.84 Å². The van der Waals surface area contributed by atoms with Crippen LogP contribution in [0, 0.1) is 6.92 Å². The minimum Gasteiger partial charge on any atom is -0.347 e. The van der Waals surface area contributed by atoms with Gasteiger partial charge in [-0.1, -0.05) is 5.16 Å². The number of fused-ring (bicyclic) bond motifs is 1. The van der Waals surface area contributed by atoms with Crippen molar-refractivity contribution in [3.8, 4) is 0 Å². The van der Waals surface area contributed by atoms with Gasteiger partial charge in [-0.3, -0.25) is 0 Å². The Bertz CT molecular complexity index is 701. The summed E-state index contributed by atoms with van der Waals surface area (Å²) >= 11 is 1.70. The first kappa shape index (κ1) is 14.7. The molecule has 0 amide bonds. The molecule has 1 aromatic heterocycles. The van der Waals surface area contributed by atoms with Crippen molar-refractivity contribution in [3.05, 3.63) is 29.5 Å². The van der Waals surface area contributed by atoms with Crippen molar-refractivity contribution in [2.24, 2.45) is 12.2 Å². The lowest BCUT2D eigenvalue weighted by Crippen LogP contribution is -2.01. The third kappa shape index (κ3) is 2.58. The molecule has 0 saturated carbocycles. The average Bonchev–Trinajstić information content (AvgIpc) is 2.68. The van der Waals surface area contributed by atoms with Crippen LogP contribution in [0.1, 0.15) is 25.1 Å². The summed E-state index contributed by atoms with van der Waals surface area (Å²) in [4.78, 5) is 16.9. The predicted molar refractivity (Wildman–Crippen MR) is 83.4 cm³/mol. The van der Waals surface area contributed by atoms with Crippen molar-refractivity contribution in [3.63, 3.8) is 0 Å². The Labute approximate surface area is 122 Å². The van der Waals surface area contributed by atoms with Crippen LogP contribution < -0.4 is 0 Å². The van der Waals surface area contributed by atoms with Crippen molar-refractivity contribution in [2.75, 3.05) is 6.26 Å². The van der Waals surface area contributed by atoms with E-state index in [2.05, 4.69) is 34.2 Å². The van der Waals surface area contributed by atoms with E-state index in [0.717, 1.165) is 22.2 Å². The van der Waals surface area contributed by atoms with E-state index in [9.17, 15) is 4.79 Å². The Morgan fingerprint density at radius 3 is 2.65 bits per heavy atom. The van der Waals surface area contributed by atoms with Crippen LogP contribution in [0.25, 0.3) is 10.9 Å². The molecule has 0 radical (unpaired) electrons. The van der Waals surface area contributed by atoms with Crippen LogP contribution in [0.4, 0.5) is 0 Å². The second-order valence-corrected chi connectivity index (χ2v) is 5.54. The molecule has 2 rings (SSSR count). The van der Waals surface area contributed by atoms with Crippen LogP contribution >= 0.6 is 11.8 Å². The maximum absolute atomic E-state index is 10.9. The number of carbonyl (C=O) groups excluding carboxylic acids is 1. The van der Waals surface area contributed by atoms with Crippen molar-refractivity contribution in [1.29, 1.82) is 0 Å². The molecular weight excluding hydrogens is 272 g/mol. The Balaban J connectivity index is 2.64. The Morgan fingerprint density at radius 1 is 1.35 bits per heavy atom. The van der Waals surface area contributed by atoms with Gasteiger partial charge in [0.15, 0.2) is 0 Å². The molecule has 0 unspecified atom stereocenters. The number of aryl methyl sites for hydroxylation is 1. The van der Waals surface area contributed by atoms with E-state index in [1.165, 1.54) is 11.8 Å². The van der Waals surface area contributed by atoms with Gasteiger partial charge in [-0.25, -0.2) is 4.79 Å². The number of nitrogens with zero attached hydrogens (tertiary/aromatic N) is 2. The number of rotatable bonds is 3. The fraction of sp³-hybridized carbons (Fsp3) is 0.333. The summed E-state index contributed by atoms with van der Waals surface area (Å²) in [6.45, 7) is 5.25. The summed E-state index contributed by atoms with van der Waals surface area (Å²) < 4.78 is 2.13. The summed E-state index contributed by atoms with van der Waals surface area (Å²) in [6, 6.07) is 6.36. The van der Waals surface area contributed by atoms with E-state index in [1.54, 1.807) is 11.8 Å². The number of aromatic nitrogens is 1. The van der Waals surface area contributed by atoms with Gasteiger partial charge in [0.2, 0.25) is 0 Å². The minimum atomic E-state index is -0.410. The van der Waals surface area contributed by atoms with Crippen molar-refractivity contribution in [1.82, 2.24) is 4.57 Å². The van der Waals surface area contributed by atoms with Crippen molar-refractivity contribution < 1.29 is 9.63 Å². The van der Waals surface area contributed by atoms with Crippen LogP contribution in [0.3, 0.4) is 0 Å². The number of carbonyl (C=O) groups is 1. The first-order chi connectivity index (χ1) is 9.45. The van der Waals surface area contributed by atoms with Crippen LogP contribution in [-0.4, -0.2) is 22.5 Å². The third-order valence-electron chi connectivity index (χ3n) is 3.37. The highest BCUT2D eigenvalue weighted by Gasteiger charge is 2.15. The van der Waals surface area contributed by atoms with Gasteiger partial charge in [0.1, 0.15) is 0 Å². The summed E-state index contributed by atoms with van der Waals surface area (Å²) in [5.41, 5.74) is 3.99. The highest BCUT2D eigenvalue weighted by atomic mass is 32.2. The third-order valence-corrected chi connectivity index (χ3v) is 4.10. The zero-order valence-corrected chi connectivity index (χ0v) is 13.2. The first-order valence-corrected chi connectivity index (χ1v) is 7.53. The molecule has 0 aliphatic rings. The lowest BCUT2D eigenvalue weighted by Gasteiger charge is -2.02. The largest absolute Gasteiger partial charge is 0.347 e. The number of hydrogen-bond acceptors (Lipinski definition) is 4. The second-order valence-electron chi connectivity index (χ2n) is 4.66. The van der Waals surface area contributed by atoms with Gasteiger partial charge in [0.05, 0.1) is 5.71 Å². The SMILES string of the molecule is CSc1ccc2c(c1)c(/C(C)=N/OC(C)=O)c(C)n2C. The number of oxime groups is 1. The van der Waals surface area contributed by atoms with E-state index in [-0.39, 0.29) is 0 Å². The van der Waals surface area contributed by atoms with Crippen LogP contribution in [0.5, 0.6) is 0 Å². The van der Waals surface area contributed by atoms with Crippen molar-refractivity contribution in [2.45, 2.75) is 25.7 Å². The molecule has 0 N–H and O–H groups in total. The van der Waals surface area contributed by atoms with E-state index >= 15 is 0 Å². The van der Waals surface area contributed by atoms with Crippen LogP contribution in [0.15, 0.2) is 28.3 Å². The first-order valence-electron chi connectivity index (χ1n) is 6.31. The smallest absolute Gasteiger partial charge is 0.331 e. The van der Waals surface area contributed by atoms with Crippen molar-refractivity contribution >= 4 is 34.3 Å². The van der Waals surface area contributed by atoms with E-state index in [1.807, 2.05) is 20.9 Å². The molecule has 2 aromatic rings. The summed E-state index contributed by atoms with van der Waals surface area (Å²) in [5, 5.41) is 5.05. The molecule has 0 spiro atoms. The summed E-state index contributed by atoms with van der Waals surface area (Å²) in [6.07, 6.45) is 2.05. The van der Waals surface area contributed by atoms with Crippen LogP contribution in [0.2, 0.25) is 0 Å². The quantitative estimate of drug-likeness (QED) is 0.376. The molecule has 0 fully saturated rings. The molecule has 1 heterocycles. The lowest BCUT2D eigenvalue weighted by molar-refractivity contribution is -0.140.